The minimum absolute atomic E-state index is 0.472. The molecule has 0 saturated carbocycles. The standard InChI is InChI=1S/C15H9BrN2O/c16-8-11-4-5-15(13(6-11)10-18)19-14-3-1-2-12(7-14)9-17/h1-7H,8H2. The summed E-state index contributed by atoms with van der Waals surface area (Å²) >= 11 is 3.34. The van der Waals surface area contributed by atoms with Gasteiger partial charge < -0.3 is 4.74 Å². The van der Waals surface area contributed by atoms with E-state index in [1.165, 1.54) is 0 Å². The average Bonchev–Trinajstić information content (AvgIpc) is 2.48. The summed E-state index contributed by atoms with van der Waals surface area (Å²) in [6, 6.07) is 16.4. The second kappa shape index (κ2) is 6.04. The van der Waals surface area contributed by atoms with Crippen molar-refractivity contribution in [3.05, 3.63) is 59.2 Å². The highest BCUT2D eigenvalue weighted by Gasteiger charge is 2.06. The first kappa shape index (κ1) is 13.1. The van der Waals surface area contributed by atoms with Gasteiger partial charge in [-0.2, -0.15) is 10.5 Å². The van der Waals surface area contributed by atoms with Gasteiger partial charge in [0.15, 0.2) is 0 Å². The van der Waals surface area contributed by atoms with Crippen LogP contribution in [0, 0.1) is 22.7 Å². The fraction of sp³-hybridized carbons (Fsp3) is 0.0667. The van der Waals surface area contributed by atoms with Gasteiger partial charge in [-0.1, -0.05) is 28.1 Å². The number of alkyl halides is 1. The maximum atomic E-state index is 9.12. The van der Waals surface area contributed by atoms with Gasteiger partial charge in [-0.05, 0) is 35.9 Å². The SMILES string of the molecule is N#Cc1cccc(Oc2ccc(CBr)cc2C#N)c1. The summed E-state index contributed by atoms with van der Waals surface area (Å²) in [7, 11) is 0. The van der Waals surface area contributed by atoms with Crippen molar-refractivity contribution in [3.63, 3.8) is 0 Å². The Morgan fingerprint density at radius 1 is 1.05 bits per heavy atom. The Morgan fingerprint density at radius 2 is 1.89 bits per heavy atom. The van der Waals surface area contributed by atoms with Crippen LogP contribution in [0.4, 0.5) is 0 Å². The molecule has 2 aromatic rings. The zero-order valence-corrected chi connectivity index (χ0v) is 11.5. The number of halogens is 1. The molecule has 0 saturated heterocycles. The van der Waals surface area contributed by atoms with Gasteiger partial charge in [0.1, 0.15) is 17.6 Å². The summed E-state index contributed by atoms with van der Waals surface area (Å²) in [4.78, 5) is 0. The number of rotatable bonds is 3. The molecule has 2 rings (SSSR count). The van der Waals surface area contributed by atoms with E-state index >= 15 is 0 Å². The maximum absolute atomic E-state index is 9.12. The zero-order chi connectivity index (χ0) is 13.7. The molecule has 0 N–H and O–H groups in total. The molecular weight excluding hydrogens is 304 g/mol. The predicted octanol–water partition coefficient (Wildman–Crippen LogP) is 4.12. The number of hydrogen-bond acceptors (Lipinski definition) is 3. The van der Waals surface area contributed by atoms with Gasteiger partial charge in [-0.25, -0.2) is 0 Å². The van der Waals surface area contributed by atoms with Gasteiger partial charge in [0.05, 0.1) is 17.2 Å². The van der Waals surface area contributed by atoms with Gasteiger partial charge in [-0.15, -0.1) is 0 Å². The van der Waals surface area contributed by atoms with Crippen molar-refractivity contribution in [1.29, 1.82) is 10.5 Å². The molecule has 0 aromatic heterocycles. The van der Waals surface area contributed by atoms with Crippen molar-refractivity contribution in [1.82, 2.24) is 0 Å². The molecule has 0 radical (unpaired) electrons. The first-order chi connectivity index (χ1) is 9.26. The van der Waals surface area contributed by atoms with E-state index < -0.39 is 0 Å². The van der Waals surface area contributed by atoms with Crippen molar-refractivity contribution in [2.24, 2.45) is 0 Å². The zero-order valence-electron chi connectivity index (χ0n) is 9.93. The van der Waals surface area contributed by atoms with Crippen molar-refractivity contribution in [3.8, 4) is 23.6 Å². The van der Waals surface area contributed by atoms with Crippen LogP contribution in [0.1, 0.15) is 16.7 Å². The Labute approximate surface area is 119 Å². The van der Waals surface area contributed by atoms with Crippen LogP contribution in [0.3, 0.4) is 0 Å². The smallest absolute Gasteiger partial charge is 0.145 e. The van der Waals surface area contributed by atoms with Crippen LogP contribution < -0.4 is 4.74 Å². The highest BCUT2D eigenvalue weighted by molar-refractivity contribution is 9.08. The molecule has 0 heterocycles. The third-order valence-corrected chi connectivity index (χ3v) is 3.16. The molecule has 0 amide bonds. The lowest BCUT2D eigenvalue weighted by atomic mass is 10.1. The van der Waals surface area contributed by atoms with E-state index in [9.17, 15) is 0 Å². The van der Waals surface area contributed by atoms with Crippen molar-refractivity contribution in [2.75, 3.05) is 0 Å². The largest absolute Gasteiger partial charge is 0.456 e. The maximum Gasteiger partial charge on any atom is 0.145 e. The highest BCUT2D eigenvalue weighted by atomic mass is 79.9. The quantitative estimate of drug-likeness (QED) is 0.801. The van der Waals surface area contributed by atoms with E-state index in [-0.39, 0.29) is 0 Å². The minimum atomic E-state index is 0.472. The first-order valence-corrected chi connectivity index (χ1v) is 6.66. The lowest BCUT2D eigenvalue weighted by Gasteiger charge is -2.08. The van der Waals surface area contributed by atoms with Gasteiger partial charge >= 0.3 is 0 Å². The van der Waals surface area contributed by atoms with Crippen LogP contribution in [0.5, 0.6) is 11.5 Å². The highest BCUT2D eigenvalue weighted by Crippen LogP contribution is 2.27. The average molecular weight is 313 g/mol. The Hall–Kier alpha value is -2.30. The lowest BCUT2D eigenvalue weighted by Crippen LogP contribution is -1.90. The second-order valence-electron chi connectivity index (χ2n) is 3.82. The van der Waals surface area contributed by atoms with Crippen LogP contribution in [0.25, 0.3) is 0 Å². The molecule has 0 aliphatic heterocycles. The Kier molecular flexibility index (Phi) is 4.18. The molecule has 0 atom stereocenters. The molecule has 2 aromatic carbocycles. The number of ether oxygens (including phenoxy) is 1. The summed E-state index contributed by atoms with van der Waals surface area (Å²) in [5.41, 5.74) is 2.00. The molecule has 0 unspecified atom stereocenters. The summed E-state index contributed by atoms with van der Waals surface area (Å²) in [6.45, 7) is 0. The molecule has 0 aliphatic rings. The fourth-order valence-electron chi connectivity index (χ4n) is 1.59. The second-order valence-corrected chi connectivity index (χ2v) is 4.38. The number of benzene rings is 2. The molecule has 0 spiro atoms. The summed E-state index contributed by atoms with van der Waals surface area (Å²) in [5.74, 6) is 1.03. The van der Waals surface area contributed by atoms with E-state index in [0.29, 0.717) is 28.0 Å². The van der Waals surface area contributed by atoms with Crippen LogP contribution in [-0.4, -0.2) is 0 Å². The third-order valence-electron chi connectivity index (χ3n) is 2.51. The number of nitriles is 2. The normalized spacial score (nSPS) is 9.42. The monoisotopic (exact) mass is 312 g/mol. The summed E-state index contributed by atoms with van der Waals surface area (Å²) < 4.78 is 5.65. The topological polar surface area (TPSA) is 56.8 Å². The number of hydrogen-bond donors (Lipinski definition) is 0. The lowest BCUT2D eigenvalue weighted by molar-refractivity contribution is 0.481. The van der Waals surface area contributed by atoms with Gasteiger partial charge in [0.2, 0.25) is 0 Å². The van der Waals surface area contributed by atoms with E-state index in [4.69, 9.17) is 15.3 Å². The first-order valence-electron chi connectivity index (χ1n) is 5.54. The van der Waals surface area contributed by atoms with Crippen molar-refractivity contribution >= 4 is 15.9 Å². The molecular formula is C15H9BrN2O. The van der Waals surface area contributed by atoms with Crippen molar-refractivity contribution in [2.45, 2.75) is 5.33 Å². The molecule has 4 heteroatoms. The van der Waals surface area contributed by atoms with E-state index in [0.717, 1.165) is 5.56 Å². The predicted molar refractivity (Wildman–Crippen MR) is 75.0 cm³/mol. The Bertz CT molecular complexity index is 683. The Morgan fingerprint density at radius 3 is 2.58 bits per heavy atom. The van der Waals surface area contributed by atoms with E-state index in [2.05, 4.69) is 22.0 Å². The van der Waals surface area contributed by atoms with Gasteiger partial charge in [-0.3, -0.25) is 0 Å². The van der Waals surface area contributed by atoms with Crippen LogP contribution in [0.2, 0.25) is 0 Å². The van der Waals surface area contributed by atoms with Gasteiger partial charge in [0, 0.05) is 5.33 Å². The van der Waals surface area contributed by atoms with Crippen LogP contribution in [-0.2, 0) is 5.33 Å². The van der Waals surface area contributed by atoms with Crippen LogP contribution in [0.15, 0.2) is 42.5 Å². The van der Waals surface area contributed by atoms with Crippen LogP contribution >= 0.6 is 15.9 Å². The number of nitrogens with zero attached hydrogens (tertiary/aromatic N) is 2. The Balaban J connectivity index is 2.33. The third kappa shape index (κ3) is 3.13. The minimum Gasteiger partial charge on any atom is -0.456 e. The van der Waals surface area contributed by atoms with Crippen molar-refractivity contribution < 1.29 is 4.74 Å². The molecule has 19 heavy (non-hydrogen) atoms. The molecule has 0 aliphatic carbocycles. The molecule has 0 bridgehead atoms. The molecule has 92 valence electrons. The summed E-state index contributed by atoms with van der Waals surface area (Å²) in [6.07, 6.45) is 0. The van der Waals surface area contributed by atoms with Gasteiger partial charge in [0.25, 0.3) is 0 Å². The van der Waals surface area contributed by atoms with E-state index in [1.54, 1.807) is 36.4 Å². The fourth-order valence-corrected chi connectivity index (χ4v) is 1.94. The molecule has 3 nitrogen and oxygen atoms in total. The summed E-state index contributed by atoms with van der Waals surface area (Å²) in [5, 5.41) is 18.6. The van der Waals surface area contributed by atoms with E-state index in [1.807, 2.05) is 12.1 Å². The molecule has 0 fully saturated rings.